The first-order valence-electron chi connectivity index (χ1n) is 21.2. The SMILES string of the molecule is NC(=O)c1c(-c2ccc(C(=O)Nc3cc(C(F)(F)F)ccn3)c(F)c2)nn2c1Nc1ccc(N3CCN(CC4CCN(c5ccc(N6CCC(=O)NC6=O)cc5)CC4)CC3)cc1CC2. The lowest BCUT2D eigenvalue weighted by Gasteiger charge is -2.40. The molecule has 4 aliphatic heterocycles. The molecular weight excluding hydrogens is 835 g/mol. The number of imide groups is 1. The molecule has 4 aliphatic rings. The van der Waals surface area contributed by atoms with Gasteiger partial charge in [0.15, 0.2) is 0 Å². The van der Waals surface area contributed by atoms with Gasteiger partial charge in [-0.1, -0.05) is 6.07 Å². The van der Waals surface area contributed by atoms with Crippen molar-refractivity contribution in [3.8, 4) is 11.3 Å². The van der Waals surface area contributed by atoms with Gasteiger partial charge < -0.3 is 26.2 Å². The molecule has 6 heterocycles. The molecule has 0 aliphatic carbocycles. The number of anilines is 6. The number of aryl methyl sites for hydroxylation is 2. The van der Waals surface area contributed by atoms with Gasteiger partial charge in [-0.25, -0.2) is 18.9 Å². The van der Waals surface area contributed by atoms with E-state index in [1.165, 1.54) is 6.07 Å². The van der Waals surface area contributed by atoms with Crippen molar-refractivity contribution in [2.24, 2.45) is 11.7 Å². The van der Waals surface area contributed by atoms with Gasteiger partial charge in [-0.05, 0) is 97.5 Å². The average molecular weight is 880 g/mol. The molecule has 0 saturated carbocycles. The van der Waals surface area contributed by atoms with E-state index in [0.29, 0.717) is 43.7 Å². The highest BCUT2D eigenvalue weighted by Crippen LogP contribution is 2.37. The van der Waals surface area contributed by atoms with Crippen molar-refractivity contribution >= 4 is 58.1 Å². The summed E-state index contributed by atoms with van der Waals surface area (Å²) in [5.41, 5.74) is 9.59. The zero-order valence-electron chi connectivity index (χ0n) is 34.6. The number of rotatable bonds is 9. The summed E-state index contributed by atoms with van der Waals surface area (Å²) in [6.45, 7) is 7.44. The molecule has 332 valence electrons. The number of aromatic nitrogens is 3. The first kappa shape index (κ1) is 42.3. The number of fused-ring (bicyclic) bond motifs is 2. The van der Waals surface area contributed by atoms with Gasteiger partial charge in [0, 0.05) is 99.8 Å². The number of pyridine rings is 1. The maximum Gasteiger partial charge on any atom is 0.416 e. The fourth-order valence-electron chi connectivity index (χ4n) is 8.93. The van der Waals surface area contributed by atoms with Crippen LogP contribution in [0.5, 0.6) is 0 Å². The lowest BCUT2D eigenvalue weighted by Crippen LogP contribution is -2.49. The van der Waals surface area contributed by atoms with Gasteiger partial charge in [0.25, 0.3) is 11.8 Å². The molecule has 2 aromatic heterocycles. The van der Waals surface area contributed by atoms with Crippen LogP contribution in [-0.4, -0.2) is 95.8 Å². The molecule has 0 spiro atoms. The Kier molecular flexibility index (Phi) is 11.4. The van der Waals surface area contributed by atoms with E-state index in [9.17, 15) is 32.3 Å². The quantitative estimate of drug-likeness (QED) is 0.124. The number of nitrogens with two attached hydrogens (primary N) is 1. The number of hydrogen-bond acceptors (Lipinski definition) is 10. The van der Waals surface area contributed by atoms with Crippen LogP contribution in [0.3, 0.4) is 0 Å². The molecule has 0 bridgehead atoms. The van der Waals surface area contributed by atoms with Gasteiger partial charge in [-0.15, -0.1) is 0 Å². The predicted octanol–water partition coefficient (Wildman–Crippen LogP) is 6.24. The van der Waals surface area contributed by atoms with Crippen molar-refractivity contribution in [1.29, 1.82) is 0 Å². The molecule has 0 unspecified atom stereocenters. The van der Waals surface area contributed by atoms with E-state index in [-0.39, 0.29) is 28.8 Å². The Hall–Kier alpha value is -7.02. The number of halogens is 4. The Bertz CT molecular complexity index is 2620. The minimum Gasteiger partial charge on any atom is -0.372 e. The maximum absolute atomic E-state index is 15.4. The highest BCUT2D eigenvalue weighted by atomic mass is 19.4. The number of nitrogens with zero attached hydrogens (tertiary/aromatic N) is 7. The average Bonchev–Trinajstić information content (AvgIpc) is 3.55. The number of benzene rings is 3. The van der Waals surface area contributed by atoms with Crippen molar-refractivity contribution in [3.63, 3.8) is 0 Å². The Morgan fingerprint density at radius 3 is 2.22 bits per heavy atom. The fourth-order valence-corrected chi connectivity index (χ4v) is 8.93. The smallest absolute Gasteiger partial charge is 0.372 e. The lowest BCUT2D eigenvalue weighted by atomic mass is 9.95. The van der Waals surface area contributed by atoms with E-state index < -0.39 is 40.8 Å². The third-order valence-electron chi connectivity index (χ3n) is 12.4. The minimum absolute atomic E-state index is 0.0440. The number of piperidine rings is 1. The second kappa shape index (κ2) is 17.3. The second-order valence-electron chi connectivity index (χ2n) is 16.4. The molecular formula is C45H45F4N11O4. The number of amides is 5. The Labute approximate surface area is 365 Å². The number of carbonyl (C=O) groups is 4. The first-order valence-corrected chi connectivity index (χ1v) is 21.2. The Morgan fingerprint density at radius 1 is 0.797 bits per heavy atom. The van der Waals surface area contributed by atoms with Crippen LogP contribution in [-0.2, 0) is 23.9 Å². The van der Waals surface area contributed by atoms with Gasteiger partial charge in [-0.2, -0.15) is 18.3 Å². The van der Waals surface area contributed by atoms with Gasteiger partial charge >= 0.3 is 12.2 Å². The van der Waals surface area contributed by atoms with Crippen molar-refractivity contribution in [2.45, 2.75) is 38.4 Å². The molecule has 9 rings (SSSR count). The van der Waals surface area contributed by atoms with Crippen molar-refractivity contribution in [2.75, 3.05) is 77.7 Å². The topological polar surface area (TPSA) is 174 Å². The van der Waals surface area contributed by atoms with Gasteiger partial charge in [0.1, 0.15) is 28.7 Å². The van der Waals surface area contributed by atoms with E-state index >= 15 is 4.39 Å². The molecule has 15 nitrogen and oxygen atoms in total. The molecule has 5 amide bonds. The van der Waals surface area contributed by atoms with Crippen molar-refractivity contribution in [1.82, 2.24) is 25.0 Å². The summed E-state index contributed by atoms with van der Waals surface area (Å²) >= 11 is 0. The van der Waals surface area contributed by atoms with Crippen molar-refractivity contribution < 1.29 is 36.7 Å². The third-order valence-corrected chi connectivity index (χ3v) is 12.4. The van der Waals surface area contributed by atoms with Crippen LogP contribution < -0.4 is 36.4 Å². The van der Waals surface area contributed by atoms with Crippen LogP contribution in [0, 0.1) is 11.7 Å². The molecule has 0 radical (unpaired) electrons. The number of urea groups is 1. The summed E-state index contributed by atoms with van der Waals surface area (Å²) in [5, 5.41) is 12.6. The molecule has 64 heavy (non-hydrogen) atoms. The maximum atomic E-state index is 15.4. The van der Waals surface area contributed by atoms with Crippen LogP contribution in [0.4, 0.5) is 56.7 Å². The van der Waals surface area contributed by atoms with E-state index in [1.54, 1.807) is 9.58 Å². The van der Waals surface area contributed by atoms with Crippen LogP contribution >= 0.6 is 0 Å². The summed E-state index contributed by atoms with van der Waals surface area (Å²) in [7, 11) is 0. The lowest BCUT2D eigenvalue weighted by molar-refractivity contribution is -0.137. The highest BCUT2D eigenvalue weighted by molar-refractivity contribution is 6.07. The zero-order chi connectivity index (χ0) is 44.7. The number of primary amides is 1. The van der Waals surface area contributed by atoms with E-state index in [2.05, 4.69) is 65.0 Å². The summed E-state index contributed by atoms with van der Waals surface area (Å²) in [6, 6.07) is 18.8. The van der Waals surface area contributed by atoms with E-state index in [4.69, 9.17) is 5.73 Å². The van der Waals surface area contributed by atoms with E-state index in [1.807, 2.05) is 18.2 Å². The van der Waals surface area contributed by atoms with Gasteiger partial charge in [-0.3, -0.25) is 29.5 Å². The normalized spacial score (nSPS) is 17.3. The molecule has 3 saturated heterocycles. The highest BCUT2D eigenvalue weighted by Gasteiger charge is 2.32. The Balaban J connectivity index is 0.792. The van der Waals surface area contributed by atoms with Gasteiger partial charge in [0.05, 0.1) is 11.1 Å². The molecule has 5 N–H and O–H groups in total. The van der Waals surface area contributed by atoms with Crippen LogP contribution in [0.25, 0.3) is 11.3 Å². The molecule has 0 atom stereocenters. The van der Waals surface area contributed by atoms with Gasteiger partial charge in [0.2, 0.25) is 5.91 Å². The largest absolute Gasteiger partial charge is 0.416 e. The van der Waals surface area contributed by atoms with Crippen LogP contribution in [0.1, 0.15) is 51.1 Å². The summed E-state index contributed by atoms with van der Waals surface area (Å²) < 4.78 is 56.5. The summed E-state index contributed by atoms with van der Waals surface area (Å²) in [5.74, 6) is -2.46. The summed E-state index contributed by atoms with van der Waals surface area (Å²) in [6.07, 6.45) is -0.689. The summed E-state index contributed by atoms with van der Waals surface area (Å²) in [4.78, 5) is 62.2. The number of alkyl halides is 3. The standard InChI is InChI=1S/C45H45F4N11O4/c46-35-24-29(1-7-34(35)43(63)53-37-25-30(9-14-51-37)45(47,48)49)40-39(41(50)62)42-52-36-8-6-33(23-28(36)12-18-60(42)55-40)58-21-19-56(20-22-58)26-27-10-15-57(16-11-27)31-2-4-32(5-3-31)59-17-13-38(61)54-44(59)64/h1-9,14,23-25,27,52H,10-13,15-22,26H2,(H2,50,62)(H,51,53,63)(H,54,61,64). The monoisotopic (exact) mass is 879 g/mol. The number of hydrogen-bond donors (Lipinski definition) is 4. The van der Waals surface area contributed by atoms with Crippen molar-refractivity contribution in [3.05, 3.63) is 107 Å². The Morgan fingerprint density at radius 2 is 1.52 bits per heavy atom. The molecule has 19 heteroatoms. The number of piperazine rings is 1. The molecule has 3 fully saturated rings. The number of carbonyl (C=O) groups excluding carboxylic acids is 4. The minimum atomic E-state index is -4.66. The molecule has 5 aromatic rings. The zero-order valence-corrected chi connectivity index (χ0v) is 34.6. The predicted molar refractivity (Wildman–Crippen MR) is 232 cm³/mol. The number of nitrogens with one attached hydrogen (secondary N) is 3. The first-order chi connectivity index (χ1) is 30.8. The third kappa shape index (κ3) is 8.79. The van der Waals surface area contributed by atoms with Crippen LogP contribution in [0.2, 0.25) is 0 Å². The van der Waals surface area contributed by atoms with E-state index in [0.717, 1.165) is 111 Å². The van der Waals surface area contributed by atoms with Crippen LogP contribution in [0.15, 0.2) is 79.0 Å². The fraction of sp³-hybridized carbons (Fsp3) is 0.333. The second-order valence-corrected chi connectivity index (χ2v) is 16.4. The molecule has 3 aromatic carbocycles.